The van der Waals surface area contributed by atoms with Crippen LogP contribution in [-0.2, 0) is 27.2 Å². The van der Waals surface area contributed by atoms with Gasteiger partial charge in [-0.1, -0.05) is 48.5 Å². The minimum atomic E-state index is -0.803. The van der Waals surface area contributed by atoms with Crippen LogP contribution >= 0.6 is 0 Å². The van der Waals surface area contributed by atoms with Crippen LogP contribution < -0.4 is 16.0 Å². The molecule has 0 radical (unpaired) electrons. The number of benzene rings is 2. The van der Waals surface area contributed by atoms with E-state index in [0.29, 0.717) is 19.1 Å². The van der Waals surface area contributed by atoms with Crippen LogP contribution in [0.15, 0.2) is 60.8 Å². The maximum Gasteiger partial charge on any atom is 0.243 e. The number of likely N-dealkylation sites (N-methyl/N-ethyl adjacent to an activating group) is 1. The van der Waals surface area contributed by atoms with Crippen molar-refractivity contribution in [2.75, 3.05) is 13.6 Å². The Morgan fingerprint density at radius 1 is 0.967 bits per heavy atom. The molecule has 30 heavy (non-hydrogen) atoms. The molecule has 156 valence electrons. The lowest BCUT2D eigenvalue weighted by atomic mass is 10.0. The van der Waals surface area contributed by atoms with Gasteiger partial charge in [-0.2, -0.15) is 0 Å². The van der Waals surface area contributed by atoms with Crippen LogP contribution in [0.25, 0.3) is 10.9 Å². The van der Waals surface area contributed by atoms with Gasteiger partial charge in [0.25, 0.3) is 0 Å². The Labute approximate surface area is 175 Å². The average molecular weight is 406 g/mol. The fraction of sp³-hybridized carbons (Fsp3) is 0.261. The Kier molecular flexibility index (Phi) is 7.34. The topological polar surface area (TPSA) is 103 Å². The van der Waals surface area contributed by atoms with Gasteiger partial charge in [0.1, 0.15) is 12.3 Å². The van der Waals surface area contributed by atoms with Gasteiger partial charge in [0, 0.05) is 23.5 Å². The van der Waals surface area contributed by atoms with Gasteiger partial charge in [-0.05, 0) is 30.7 Å². The number of carbonyl (C=O) groups excluding carboxylic acids is 3. The van der Waals surface area contributed by atoms with Gasteiger partial charge < -0.3 is 25.7 Å². The second-order valence-corrected chi connectivity index (χ2v) is 7.07. The molecule has 2 atom stereocenters. The number of fused-ring (bicyclic) bond motifs is 1. The largest absolute Gasteiger partial charge is 0.361 e. The smallest absolute Gasteiger partial charge is 0.243 e. The fourth-order valence-corrected chi connectivity index (χ4v) is 3.44. The first-order valence-corrected chi connectivity index (χ1v) is 9.90. The number of amides is 2. The number of hydrogen-bond acceptors (Lipinski definition) is 4. The molecule has 7 heteroatoms. The molecule has 2 aromatic carbocycles. The SMILES string of the molecule is CN[C@@H](Cc1ccccc1)C(=O)NC(Cc1c[nH]c2ccccc12)C(=O)NCC=O. The molecule has 0 aliphatic rings. The van der Waals surface area contributed by atoms with E-state index < -0.39 is 18.0 Å². The number of aldehydes is 1. The van der Waals surface area contributed by atoms with E-state index in [1.165, 1.54) is 0 Å². The van der Waals surface area contributed by atoms with E-state index >= 15 is 0 Å². The lowest BCUT2D eigenvalue weighted by Crippen LogP contribution is -2.53. The summed E-state index contributed by atoms with van der Waals surface area (Å²) in [5.74, 6) is -0.664. The van der Waals surface area contributed by atoms with E-state index in [2.05, 4.69) is 20.9 Å². The Hall–Kier alpha value is -3.45. The lowest BCUT2D eigenvalue weighted by molar-refractivity contribution is -0.130. The van der Waals surface area contributed by atoms with E-state index in [9.17, 15) is 14.4 Å². The highest BCUT2D eigenvalue weighted by Gasteiger charge is 2.26. The highest BCUT2D eigenvalue weighted by atomic mass is 16.2. The molecule has 2 amide bonds. The average Bonchev–Trinajstić information content (AvgIpc) is 3.18. The molecule has 1 heterocycles. The molecular formula is C23H26N4O3. The molecule has 1 unspecified atom stereocenters. The van der Waals surface area contributed by atoms with Crippen LogP contribution in [0.5, 0.6) is 0 Å². The quantitative estimate of drug-likeness (QED) is 0.382. The molecule has 0 aliphatic carbocycles. The first-order chi connectivity index (χ1) is 14.6. The molecule has 0 aliphatic heterocycles. The second kappa shape index (κ2) is 10.4. The zero-order valence-electron chi connectivity index (χ0n) is 16.9. The Balaban J connectivity index is 1.76. The molecule has 3 aromatic rings. The highest BCUT2D eigenvalue weighted by molar-refractivity contribution is 5.91. The van der Waals surface area contributed by atoms with Crippen molar-refractivity contribution in [1.82, 2.24) is 20.9 Å². The summed E-state index contributed by atoms with van der Waals surface area (Å²) in [6, 6.07) is 16.2. The van der Waals surface area contributed by atoms with E-state index in [1.807, 2.05) is 60.8 Å². The van der Waals surface area contributed by atoms with Gasteiger partial charge in [-0.25, -0.2) is 0 Å². The summed E-state index contributed by atoms with van der Waals surface area (Å²) >= 11 is 0. The van der Waals surface area contributed by atoms with Crippen LogP contribution in [0.1, 0.15) is 11.1 Å². The van der Waals surface area contributed by atoms with Gasteiger partial charge in [-0.15, -0.1) is 0 Å². The summed E-state index contributed by atoms with van der Waals surface area (Å²) in [4.78, 5) is 39.5. The number of aromatic nitrogens is 1. The van der Waals surface area contributed by atoms with Gasteiger partial charge in [0.2, 0.25) is 11.8 Å². The van der Waals surface area contributed by atoms with Crippen LogP contribution in [-0.4, -0.2) is 48.8 Å². The number of H-pyrrole nitrogens is 1. The molecule has 3 rings (SSSR count). The summed E-state index contributed by atoms with van der Waals surface area (Å²) < 4.78 is 0. The van der Waals surface area contributed by atoms with Gasteiger partial charge >= 0.3 is 0 Å². The number of rotatable bonds is 10. The summed E-state index contributed by atoms with van der Waals surface area (Å²) in [6.45, 7) is -0.0987. The molecule has 0 spiro atoms. The zero-order chi connectivity index (χ0) is 21.3. The number of aromatic amines is 1. The van der Waals surface area contributed by atoms with Crippen molar-refractivity contribution < 1.29 is 14.4 Å². The van der Waals surface area contributed by atoms with Gasteiger partial charge in [-0.3, -0.25) is 9.59 Å². The van der Waals surface area contributed by atoms with Crippen LogP contribution in [0.4, 0.5) is 0 Å². The Morgan fingerprint density at radius 3 is 2.43 bits per heavy atom. The molecule has 7 nitrogen and oxygen atoms in total. The summed E-state index contributed by atoms with van der Waals surface area (Å²) in [5, 5.41) is 9.42. The monoisotopic (exact) mass is 406 g/mol. The van der Waals surface area contributed by atoms with Crippen molar-refractivity contribution in [2.45, 2.75) is 24.9 Å². The molecule has 0 saturated carbocycles. The molecule has 0 bridgehead atoms. The van der Waals surface area contributed by atoms with Gasteiger partial charge in [0.05, 0.1) is 12.6 Å². The maximum atomic E-state index is 12.9. The third-order valence-electron chi connectivity index (χ3n) is 5.04. The first kappa shape index (κ1) is 21.3. The third kappa shape index (κ3) is 5.33. The Bertz CT molecular complexity index is 1000. The van der Waals surface area contributed by atoms with E-state index in [4.69, 9.17) is 0 Å². The van der Waals surface area contributed by atoms with Crippen molar-refractivity contribution in [3.8, 4) is 0 Å². The van der Waals surface area contributed by atoms with Crippen molar-refractivity contribution in [1.29, 1.82) is 0 Å². The number of hydrogen-bond donors (Lipinski definition) is 4. The highest BCUT2D eigenvalue weighted by Crippen LogP contribution is 2.19. The molecule has 1 aromatic heterocycles. The Morgan fingerprint density at radius 2 is 1.70 bits per heavy atom. The van der Waals surface area contributed by atoms with E-state index in [-0.39, 0.29) is 12.5 Å². The standard InChI is InChI=1S/C23H26N4O3/c1-24-20(13-16-7-3-2-4-8-16)23(30)27-21(22(29)25-11-12-28)14-17-15-26-19-10-6-5-9-18(17)19/h2-10,12,15,20-21,24,26H,11,13-14H2,1H3,(H,25,29)(H,27,30)/t20-,21?/m0/s1. The molecular weight excluding hydrogens is 380 g/mol. The van der Waals surface area contributed by atoms with E-state index in [0.717, 1.165) is 22.0 Å². The normalized spacial score (nSPS) is 12.8. The minimum absolute atomic E-state index is 0.0987. The van der Waals surface area contributed by atoms with Crippen LogP contribution in [0.2, 0.25) is 0 Å². The summed E-state index contributed by atoms with van der Waals surface area (Å²) in [7, 11) is 1.72. The first-order valence-electron chi connectivity index (χ1n) is 9.90. The molecule has 0 fully saturated rings. The predicted octanol–water partition coefficient (Wildman–Crippen LogP) is 1.34. The number of nitrogens with one attached hydrogen (secondary N) is 4. The van der Waals surface area contributed by atoms with E-state index in [1.54, 1.807) is 7.05 Å². The van der Waals surface area contributed by atoms with Crippen molar-refractivity contribution >= 4 is 29.0 Å². The maximum absolute atomic E-state index is 12.9. The van der Waals surface area contributed by atoms with Crippen LogP contribution in [0.3, 0.4) is 0 Å². The molecule has 0 saturated heterocycles. The summed E-state index contributed by atoms with van der Waals surface area (Å²) in [5.41, 5.74) is 2.90. The molecule has 4 N–H and O–H groups in total. The predicted molar refractivity (Wildman–Crippen MR) is 116 cm³/mol. The lowest BCUT2D eigenvalue weighted by Gasteiger charge is -2.22. The van der Waals surface area contributed by atoms with Crippen LogP contribution in [0, 0.1) is 0 Å². The van der Waals surface area contributed by atoms with Gasteiger partial charge in [0.15, 0.2) is 0 Å². The van der Waals surface area contributed by atoms with Crippen molar-refractivity contribution in [3.63, 3.8) is 0 Å². The number of carbonyl (C=O) groups is 3. The minimum Gasteiger partial charge on any atom is -0.361 e. The fourth-order valence-electron chi connectivity index (χ4n) is 3.44. The number of para-hydroxylation sites is 1. The summed E-state index contributed by atoms with van der Waals surface area (Å²) in [6.07, 6.45) is 3.27. The second-order valence-electron chi connectivity index (χ2n) is 7.07. The van der Waals surface area contributed by atoms with Crippen molar-refractivity contribution in [2.24, 2.45) is 0 Å². The van der Waals surface area contributed by atoms with Crippen molar-refractivity contribution in [3.05, 3.63) is 71.9 Å². The zero-order valence-corrected chi connectivity index (χ0v) is 16.9. The third-order valence-corrected chi connectivity index (χ3v) is 5.04.